The van der Waals surface area contributed by atoms with Gasteiger partial charge < -0.3 is 14.6 Å². The van der Waals surface area contributed by atoms with Gasteiger partial charge in [0, 0.05) is 18.7 Å². The van der Waals surface area contributed by atoms with Crippen molar-refractivity contribution in [3.63, 3.8) is 0 Å². The lowest BCUT2D eigenvalue weighted by atomic mass is 9.98. The van der Waals surface area contributed by atoms with Gasteiger partial charge >= 0.3 is 0 Å². The first-order chi connectivity index (χ1) is 14.5. The highest BCUT2D eigenvalue weighted by Crippen LogP contribution is 2.38. The molecule has 2 N–H and O–H groups in total. The van der Waals surface area contributed by atoms with E-state index in [2.05, 4.69) is 15.0 Å². The molecule has 1 saturated heterocycles. The lowest BCUT2D eigenvalue weighted by Gasteiger charge is -2.36. The molecule has 10 heteroatoms. The molecule has 1 aromatic carbocycles. The van der Waals surface area contributed by atoms with E-state index in [0.717, 1.165) is 12.1 Å². The summed E-state index contributed by atoms with van der Waals surface area (Å²) in [5, 5.41) is 18.2. The molecule has 1 aliphatic carbocycles. The number of benzene rings is 1. The molecule has 30 heavy (non-hydrogen) atoms. The fraction of sp³-hybridized carbons (Fsp3) is 0.600. The molecular formula is C20H28N4O5S. The number of aliphatic hydroxyl groups excluding tert-OH is 1. The minimum atomic E-state index is -3.81. The molecule has 0 spiro atoms. The van der Waals surface area contributed by atoms with Crippen LogP contribution in [0, 0.1) is 0 Å². The minimum Gasteiger partial charge on any atom is -0.495 e. The van der Waals surface area contributed by atoms with Crippen molar-refractivity contribution >= 4 is 10.0 Å². The number of aryl methyl sites for hydroxylation is 1. The standard InChI is InChI=1S/C20H28N4O5S/c1-28-18-4-2-3-5-20(18)30(26,27)22-16-9-8-15(29-19(16)13-25)10-11-24-12-17(21-23-24)14-6-7-14/h2-5,12,14-16,19,22,25H,6-11,13H2,1H3/t15-,16-,19-/m0/s1. The van der Waals surface area contributed by atoms with Crippen molar-refractivity contribution in [2.24, 2.45) is 0 Å². The normalized spacial score (nSPS) is 24.7. The number of hydrogen-bond donors (Lipinski definition) is 2. The van der Waals surface area contributed by atoms with Gasteiger partial charge in [-0.05, 0) is 44.2 Å². The minimum absolute atomic E-state index is 0.0669. The number of ether oxygens (including phenoxy) is 2. The highest BCUT2D eigenvalue weighted by atomic mass is 32.2. The van der Waals surface area contributed by atoms with E-state index < -0.39 is 22.2 Å². The molecule has 2 aromatic rings. The lowest BCUT2D eigenvalue weighted by molar-refractivity contribution is -0.0891. The number of aliphatic hydroxyl groups is 1. The van der Waals surface area contributed by atoms with E-state index in [9.17, 15) is 13.5 Å². The van der Waals surface area contributed by atoms with Gasteiger partial charge in [0.05, 0.1) is 37.7 Å². The van der Waals surface area contributed by atoms with Crippen molar-refractivity contribution in [3.05, 3.63) is 36.2 Å². The zero-order chi connectivity index (χ0) is 21.1. The first-order valence-electron chi connectivity index (χ1n) is 10.3. The maximum atomic E-state index is 12.8. The van der Waals surface area contributed by atoms with E-state index in [0.29, 0.717) is 25.3 Å². The van der Waals surface area contributed by atoms with Crippen LogP contribution in [0.5, 0.6) is 5.75 Å². The molecule has 2 aliphatic rings. The number of nitrogens with one attached hydrogen (secondary N) is 1. The van der Waals surface area contributed by atoms with Crippen molar-refractivity contribution in [1.82, 2.24) is 19.7 Å². The summed E-state index contributed by atoms with van der Waals surface area (Å²) in [5.41, 5.74) is 1.05. The lowest BCUT2D eigenvalue weighted by Crippen LogP contribution is -2.51. The van der Waals surface area contributed by atoms with Crippen LogP contribution in [0.15, 0.2) is 35.4 Å². The number of methoxy groups -OCH3 is 1. The second-order valence-corrected chi connectivity index (χ2v) is 9.59. The summed E-state index contributed by atoms with van der Waals surface area (Å²) in [6.07, 6.45) is 5.70. The Labute approximate surface area is 176 Å². The van der Waals surface area contributed by atoms with E-state index in [1.165, 1.54) is 26.0 Å². The molecule has 0 radical (unpaired) electrons. The number of nitrogens with zero attached hydrogens (tertiary/aromatic N) is 3. The third-order valence-electron chi connectivity index (χ3n) is 5.69. The third-order valence-corrected chi connectivity index (χ3v) is 7.22. The molecular weight excluding hydrogens is 408 g/mol. The summed E-state index contributed by atoms with van der Waals surface area (Å²) in [5.74, 6) is 0.846. The van der Waals surface area contributed by atoms with Gasteiger partial charge in [0.25, 0.3) is 0 Å². The Morgan fingerprint density at radius 1 is 1.27 bits per heavy atom. The van der Waals surface area contributed by atoms with Gasteiger partial charge in [-0.3, -0.25) is 4.68 Å². The fourth-order valence-corrected chi connectivity index (χ4v) is 5.32. The van der Waals surface area contributed by atoms with Crippen LogP contribution in [-0.4, -0.2) is 60.5 Å². The Hall–Kier alpha value is -2.01. The summed E-state index contributed by atoms with van der Waals surface area (Å²) in [4.78, 5) is 0.0731. The van der Waals surface area contributed by atoms with Crippen molar-refractivity contribution in [1.29, 1.82) is 0 Å². The van der Waals surface area contributed by atoms with Crippen LogP contribution in [0.2, 0.25) is 0 Å². The van der Waals surface area contributed by atoms with Gasteiger partial charge in [-0.2, -0.15) is 0 Å². The van der Waals surface area contributed by atoms with Crippen LogP contribution >= 0.6 is 0 Å². The molecule has 2 heterocycles. The SMILES string of the molecule is COc1ccccc1S(=O)(=O)N[C@H]1CC[C@@H](CCn2cc(C3CC3)nn2)O[C@H]1CO. The second kappa shape index (κ2) is 9.01. The highest BCUT2D eigenvalue weighted by Gasteiger charge is 2.34. The van der Waals surface area contributed by atoms with E-state index >= 15 is 0 Å². The zero-order valence-corrected chi connectivity index (χ0v) is 17.8. The van der Waals surface area contributed by atoms with Crippen molar-refractivity contribution in [3.8, 4) is 5.75 Å². The number of aromatic nitrogens is 3. The highest BCUT2D eigenvalue weighted by molar-refractivity contribution is 7.89. The van der Waals surface area contributed by atoms with Gasteiger partial charge in [0.2, 0.25) is 10.0 Å². The van der Waals surface area contributed by atoms with Crippen LogP contribution in [-0.2, 0) is 21.3 Å². The molecule has 0 bridgehead atoms. The van der Waals surface area contributed by atoms with Gasteiger partial charge in [0.1, 0.15) is 10.6 Å². The van der Waals surface area contributed by atoms with E-state index in [4.69, 9.17) is 9.47 Å². The zero-order valence-electron chi connectivity index (χ0n) is 17.0. The van der Waals surface area contributed by atoms with Crippen LogP contribution < -0.4 is 9.46 Å². The average molecular weight is 437 g/mol. The number of rotatable bonds is 9. The molecule has 1 aromatic heterocycles. The van der Waals surface area contributed by atoms with Crippen LogP contribution in [0.25, 0.3) is 0 Å². The van der Waals surface area contributed by atoms with Gasteiger partial charge in [-0.25, -0.2) is 13.1 Å². The molecule has 9 nitrogen and oxygen atoms in total. The predicted octanol–water partition coefficient (Wildman–Crippen LogP) is 1.44. The number of para-hydroxylation sites is 1. The van der Waals surface area contributed by atoms with Gasteiger partial charge in [-0.1, -0.05) is 17.3 Å². The van der Waals surface area contributed by atoms with Crippen LogP contribution in [0.3, 0.4) is 0 Å². The topological polar surface area (TPSA) is 116 Å². The Morgan fingerprint density at radius 2 is 2.07 bits per heavy atom. The molecule has 164 valence electrons. The smallest absolute Gasteiger partial charge is 0.244 e. The monoisotopic (exact) mass is 436 g/mol. The Kier molecular flexibility index (Phi) is 6.37. The van der Waals surface area contributed by atoms with Crippen molar-refractivity contribution in [2.75, 3.05) is 13.7 Å². The Bertz CT molecular complexity index is 960. The first kappa shape index (κ1) is 21.2. The summed E-state index contributed by atoms with van der Waals surface area (Å²) in [6.45, 7) is 0.422. The summed E-state index contributed by atoms with van der Waals surface area (Å²) in [7, 11) is -2.37. The Balaban J connectivity index is 1.34. The van der Waals surface area contributed by atoms with E-state index in [-0.39, 0.29) is 23.4 Å². The maximum Gasteiger partial charge on any atom is 0.244 e. The maximum absolute atomic E-state index is 12.8. The largest absolute Gasteiger partial charge is 0.495 e. The second-order valence-electron chi connectivity index (χ2n) is 7.90. The molecule has 0 unspecified atom stereocenters. The summed E-state index contributed by atoms with van der Waals surface area (Å²) in [6, 6.07) is 5.95. The van der Waals surface area contributed by atoms with Crippen LogP contribution in [0.1, 0.15) is 43.7 Å². The summed E-state index contributed by atoms with van der Waals surface area (Å²) < 4.78 is 41.4. The molecule has 0 amide bonds. The van der Waals surface area contributed by atoms with Crippen molar-refractivity contribution < 1.29 is 23.0 Å². The molecule has 1 saturated carbocycles. The first-order valence-corrected chi connectivity index (χ1v) is 11.8. The average Bonchev–Trinajstić information content (AvgIpc) is 3.50. The van der Waals surface area contributed by atoms with E-state index in [1.807, 2.05) is 10.9 Å². The molecule has 1 aliphatic heterocycles. The quantitative estimate of drug-likeness (QED) is 0.611. The molecule has 3 atom stereocenters. The van der Waals surface area contributed by atoms with E-state index in [1.54, 1.807) is 18.2 Å². The molecule has 2 fully saturated rings. The summed E-state index contributed by atoms with van der Waals surface area (Å²) >= 11 is 0. The van der Waals surface area contributed by atoms with Crippen molar-refractivity contribution in [2.45, 2.75) is 67.7 Å². The van der Waals surface area contributed by atoms with Gasteiger partial charge in [-0.15, -0.1) is 5.10 Å². The fourth-order valence-electron chi connectivity index (χ4n) is 3.85. The van der Waals surface area contributed by atoms with Crippen LogP contribution in [0.4, 0.5) is 0 Å². The number of hydrogen-bond acceptors (Lipinski definition) is 7. The molecule has 4 rings (SSSR count). The van der Waals surface area contributed by atoms with Gasteiger partial charge in [0.15, 0.2) is 0 Å². The Morgan fingerprint density at radius 3 is 2.80 bits per heavy atom. The number of sulfonamides is 1. The third kappa shape index (κ3) is 4.83. The predicted molar refractivity (Wildman–Crippen MR) is 109 cm³/mol.